The van der Waals surface area contributed by atoms with Crippen molar-refractivity contribution in [1.82, 2.24) is 10.4 Å². The molecule has 206 valence electrons. The van der Waals surface area contributed by atoms with Crippen molar-refractivity contribution in [2.75, 3.05) is 11.4 Å². The third kappa shape index (κ3) is 5.30. The Morgan fingerprint density at radius 1 is 0.829 bits per heavy atom. The first-order valence-electron chi connectivity index (χ1n) is 12.9. The first-order valence-corrected chi connectivity index (χ1v) is 16.2. The van der Waals surface area contributed by atoms with Gasteiger partial charge in [-0.25, -0.2) is 5.43 Å². The molecule has 1 saturated heterocycles. The van der Waals surface area contributed by atoms with Crippen molar-refractivity contribution in [2.45, 2.75) is 28.5 Å². The maximum Gasteiger partial charge on any atom is 0.276 e. The van der Waals surface area contributed by atoms with Gasteiger partial charge in [-0.15, -0.1) is 0 Å². The molecule has 1 atom stereocenters. The third-order valence-corrected chi connectivity index (χ3v) is 10.9. The van der Waals surface area contributed by atoms with Crippen LogP contribution in [0, 0.1) is 0 Å². The molecule has 1 unspecified atom stereocenters. The van der Waals surface area contributed by atoms with Gasteiger partial charge in [0.2, 0.25) is 5.91 Å². The number of nitrogens with one attached hydrogen (secondary N) is 1. The molecule has 0 aromatic heterocycles. The molecule has 0 bridgehead atoms. The van der Waals surface area contributed by atoms with Crippen LogP contribution in [0.3, 0.4) is 0 Å². The van der Waals surface area contributed by atoms with Gasteiger partial charge < -0.3 is 0 Å². The van der Waals surface area contributed by atoms with Crippen LogP contribution in [0.1, 0.15) is 25.0 Å². The van der Waals surface area contributed by atoms with E-state index in [2.05, 4.69) is 37.3 Å². The number of thioether (sulfide) groups is 1. The lowest BCUT2D eigenvalue weighted by molar-refractivity contribution is -0.133. The van der Waals surface area contributed by atoms with E-state index in [-0.39, 0.29) is 18.4 Å². The van der Waals surface area contributed by atoms with Gasteiger partial charge in [0.15, 0.2) is 0 Å². The summed E-state index contributed by atoms with van der Waals surface area (Å²) in [6.45, 7) is 3.93. The average Bonchev–Trinajstić information content (AvgIpc) is 3.24. The summed E-state index contributed by atoms with van der Waals surface area (Å²) in [6.07, 6.45) is 0. The molecule has 2 aliphatic heterocycles. The van der Waals surface area contributed by atoms with Gasteiger partial charge in [-0.2, -0.15) is 0 Å². The largest absolute Gasteiger partial charge is 0.278 e. The van der Waals surface area contributed by atoms with E-state index in [1.165, 1.54) is 11.8 Å². The number of hydrazine groups is 1. The zero-order valence-corrected chi connectivity index (χ0v) is 27.0. The number of nitrogens with zero attached hydrogens (tertiary/aromatic N) is 2. The molecule has 0 radical (unpaired) electrons. The Labute approximate surface area is 264 Å². The lowest BCUT2D eigenvalue weighted by Crippen LogP contribution is -2.52. The summed E-state index contributed by atoms with van der Waals surface area (Å²) >= 11 is 10.2. The molecule has 1 N–H and O–H groups in total. The van der Waals surface area contributed by atoms with E-state index >= 15 is 0 Å². The van der Waals surface area contributed by atoms with Crippen LogP contribution >= 0.6 is 55.4 Å². The summed E-state index contributed by atoms with van der Waals surface area (Å²) in [5.41, 5.74) is 7.74. The second-order valence-electron chi connectivity index (χ2n) is 9.79. The number of allylic oxidation sites excluding steroid dienone is 1. The molecule has 0 saturated carbocycles. The van der Waals surface area contributed by atoms with Crippen LogP contribution in [-0.2, 0) is 14.5 Å². The van der Waals surface area contributed by atoms with Crippen molar-refractivity contribution in [3.8, 4) is 0 Å². The molecule has 6 rings (SSSR count). The number of hydrogen-bond donors (Lipinski definition) is 1. The number of halogens is 2. The van der Waals surface area contributed by atoms with Crippen LogP contribution in [0.15, 0.2) is 121 Å². The van der Waals surface area contributed by atoms with Crippen LogP contribution in [0.5, 0.6) is 0 Å². The highest BCUT2D eigenvalue weighted by Crippen LogP contribution is 2.52. The molecule has 2 heterocycles. The summed E-state index contributed by atoms with van der Waals surface area (Å²) in [5, 5.41) is 1.62. The molecule has 2 amide bonds. The summed E-state index contributed by atoms with van der Waals surface area (Å²) in [5.74, 6) is -0.313. The number of hydrogen-bond acceptors (Lipinski definition) is 5. The minimum absolute atomic E-state index is 0.0592. The number of benzene rings is 4. The van der Waals surface area contributed by atoms with E-state index in [0.29, 0.717) is 4.91 Å². The number of carbonyl (C=O) groups excluding carboxylic acids is 2. The topological polar surface area (TPSA) is 52.7 Å². The fourth-order valence-electron chi connectivity index (χ4n) is 5.02. The Kier molecular flexibility index (Phi) is 7.91. The molecular weight excluding hydrogens is 682 g/mol. The van der Waals surface area contributed by atoms with Crippen molar-refractivity contribution in [1.29, 1.82) is 0 Å². The zero-order valence-electron chi connectivity index (χ0n) is 22.2. The van der Waals surface area contributed by atoms with Gasteiger partial charge in [0.1, 0.15) is 4.87 Å². The molecule has 0 spiro atoms. The first kappa shape index (κ1) is 28.3. The lowest BCUT2D eigenvalue weighted by Gasteiger charge is -2.35. The molecule has 2 aliphatic rings. The molecular formula is C32H25Br2N3O2S2. The van der Waals surface area contributed by atoms with Crippen molar-refractivity contribution in [3.05, 3.63) is 122 Å². The SMILES string of the molecule is C/C(=C1/SC(C)(c2ccc(Br)cc2)N(NCC(=O)N2c3ccccc3Sc3ccccc32)C1=O)c1ccc(Br)cc1. The minimum atomic E-state index is -0.780. The maximum absolute atomic E-state index is 14.1. The first-order chi connectivity index (χ1) is 19.8. The Morgan fingerprint density at radius 2 is 1.37 bits per heavy atom. The van der Waals surface area contributed by atoms with E-state index in [1.54, 1.807) is 21.7 Å². The van der Waals surface area contributed by atoms with Gasteiger partial charge in [-0.1, -0.05) is 104 Å². The quantitative estimate of drug-likeness (QED) is 0.211. The number of anilines is 2. The molecule has 4 aromatic rings. The Balaban J connectivity index is 1.35. The van der Waals surface area contributed by atoms with Gasteiger partial charge in [0.25, 0.3) is 5.91 Å². The normalized spacial score (nSPS) is 19.2. The van der Waals surface area contributed by atoms with Crippen molar-refractivity contribution < 1.29 is 9.59 Å². The van der Waals surface area contributed by atoms with E-state index < -0.39 is 4.87 Å². The monoisotopic (exact) mass is 705 g/mol. The predicted molar refractivity (Wildman–Crippen MR) is 175 cm³/mol. The Bertz CT molecular complexity index is 1650. The van der Waals surface area contributed by atoms with Crippen LogP contribution in [0.2, 0.25) is 0 Å². The van der Waals surface area contributed by atoms with Gasteiger partial charge in [-0.05, 0) is 79.1 Å². The smallest absolute Gasteiger partial charge is 0.276 e. The van der Waals surface area contributed by atoms with Gasteiger partial charge in [-0.3, -0.25) is 19.5 Å². The number of amides is 2. The summed E-state index contributed by atoms with van der Waals surface area (Å²) < 4.78 is 1.93. The Morgan fingerprint density at radius 3 is 1.95 bits per heavy atom. The summed E-state index contributed by atoms with van der Waals surface area (Å²) in [4.78, 5) is 31.6. The van der Waals surface area contributed by atoms with Crippen molar-refractivity contribution in [2.24, 2.45) is 0 Å². The molecule has 9 heteroatoms. The summed E-state index contributed by atoms with van der Waals surface area (Å²) in [6, 6.07) is 31.7. The van der Waals surface area contributed by atoms with E-state index in [0.717, 1.165) is 46.8 Å². The molecule has 4 aromatic carbocycles. The number of fused-ring (bicyclic) bond motifs is 2. The van der Waals surface area contributed by atoms with Gasteiger partial charge >= 0.3 is 0 Å². The van der Waals surface area contributed by atoms with Crippen LogP contribution in [-0.4, -0.2) is 23.4 Å². The summed E-state index contributed by atoms with van der Waals surface area (Å²) in [7, 11) is 0. The highest BCUT2D eigenvalue weighted by Gasteiger charge is 2.48. The van der Waals surface area contributed by atoms with Gasteiger partial charge in [0, 0.05) is 18.7 Å². The highest BCUT2D eigenvalue weighted by atomic mass is 79.9. The molecule has 5 nitrogen and oxygen atoms in total. The van der Waals surface area contributed by atoms with Crippen molar-refractivity contribution >= 4 is 84.1 Å². The van der Waals surface area contributed by atoms with E-state index in [9.17, 15) is 9.59 Å². The second-order valence-corrected chi connectivity index (χ2v) is 14.1. The van der Waals surface area contributed by atoms with Crippen LogP contribution < -0.4 is 10.3 Å². The standard InChI is InChI=1S/C32H25Br2N3O2S2/c1-20(21-11-15-23(33)16-12-21)30-31(39)37(32(2,41-30)22-13-17-24(34)18-14-22)35-19-29(38)36-25-7-3-5-9-27(25)40-28-10-6-4-8-26(28)36/h3-18,35H,19H2,1-2H3/b30-20-. The lowest BCUT2D eigenvalue weighted by atomic mass is 10.1. The van der Waals surface area contributed by atoms with Crippen LogP contribution in [0.25, 0.3) is 5.57 Å². The number of para-hydroxylation sites is 2. The molecule has 1 fully saturated rings. The molecule has 41 heavy (non-hydrogen) atoms. The fourth-order valence-corrected chi connectivity index (χ4v) is 7.95. The van der Waals surface area contributed by atoms with Crippen LogP contribution in [0.4, 0.5) is 11.4 Å². The van der Waals surface area contributed by atoms with Gasteiger partial charge in [0.05, 0.1) is 22.8 Å². The highest BCUT2D eigenvalue weighted by molar-refractivity contribution is 9.10. The predicted octanol–water partition coefficient (Wildman–Crippen LogP) is 8.73. The second kappa shape index (κ2) is 11.5. The zero-order chi connectivity index (χ0) is 28.7. The Hall–Kier alpha value is -2.82. The number of carbonyl (C=O) groups is 2. The van der Waals surface area contributed by atoms with E-state index in [4.69, 9.17) is 0 Å². The fraction of sp³-hybridized carbons (Fsp3) is 0.125. The van der Waals surface area contributed by atoms with Crippen molar-refractivity contribution in [3.63, 3.8) is 0 Å². The van der Waals surface area contributed by atoms with E-state index in [1.807, 2.05) is 111 Å². The third-order valence-electron chi connectivity index (χ3n) is 7.19. The number of rotatable bonds is 5. The minimum Gasteiger partial charge on any atom is -0.278 e. The molecule has 0 aliphatic carbocycles. The average molecular weight is 708 g/mol. The maximum atomic E-state index is 14.1.